The lowest BCUT2D eigenvalue weighted by Crippen LogP contribution is -2.44. The van der Waals surface area contributed by atoms with Crippen LogP contribution in [0.2, 0.25) is 5.02 Å². The topological polar surface area (TPSA) is 42.2 Å². The molecule has 2 bridgehead atoms. The van der Waals surface area contributed by atoms with Gasteiger partial charge in [-0.3, -0.25) is 4.90 Å². The monoisotopic (exact) mass is 379 g/mol. The number of halogens is 1. The number of nitrogens with zero attached hydrogens (tertiary/aromatic N) is 3. The van der Waals surface area contributed by atoms with Crippen molar-refractivity contribution in [3.05, 3.63) is 71.1 Å². The predicted octanol–water partition coefficient (Wildman–Crippen LogP) is 5.12. The van der Waals surface area contributed by atoms with Crippen LogP contribution < -0.4 is 0 Å². The zero-order valence-electron chi connectivity index (χ0n) is 15.3. The fourth-order valence-corrected chi connectivity index (χ4v) is 5.05. The molecule has 0 aliphatic carbocycles. The van der Waals surface area contributed by atoms with Gasteiger partial charge in [-0.15, -0.1) is 10.2 Å². The van der Waals surface area contributed by atoms with E-state index >= 15 is 0 Å². The van der Waals surface area contributed by atoms with E-state index in [1.165, 1.54) is 18.4 Å². The van der Waals surface area contributed by atoms with Crippen LogP contribution in [0.3, 0.4) is 0 Å². The van der Waals surface area contributed by atoms with Gasteiger partial charge in [0.05, 0.1) is 5.92 Å². The molecule has 27 heavy (non-hydrogen) atoms. The minimum absolute atomic E-state index is 0.208. The minimum atomic E-state index is 0.208. The third kappa shape index (κ3) is 2.97. The van der Waals surface area contributed by atoms with Gasteiger partial charge >= 0.3 is 0 Å². The molecular formula is C22H22ClN3O. The Morgan fingerprint density at radius 3 is 2.56 bits per heavy atom. The number of hydrogen-bond acceptors (Lipinski definition) is 4. The van der Waals surface area contributed by atoms with Crippen molar-refractivity contribution in [1.82, 2.24) is 15.1 Å². The van der Waals surface area contributed by atoms with E-state index in [0.717, 1.165) is 22.9 Å². The van der Waals surface area contributed by atoms with Gasteiger partial charge in [0.15, 0.2) is 0 Å². The molecule has 2 saturated heterocycles. The molecule has 3 aromatic rings. The smallest absolute Gasteiger partial charge is 0.247 e. The van der Waals surface area contributed by atoms with Crippen molar-refractivity contribution in [3.63, 3.8) is 0 Å². The van der Waals surface area contributed by atoms with Gasteiger partial charge in [-0.25, -0.2) is 0 Å². The van der Waals surface area contributed by atoms with Crippen LogP contribution >= 0.6 is 11.6 Å². The Morgan fingerprint density at radius 2 is 1.78 bits per heavy atom. The first-order valence-corrected chi connectivity index (χ1v) is 9.95. The molecule has 0 spiro atoms. The van der Waals surface area contributed by atoms with Crippen molar-refractivity contribution in [3.8, 4) is 11.5 Å². The molecule has 2 aliphatic heterocycles. The van der Waals surface area contributed by atoms with Crippen molar-refractivity contribution in [2.75, 3.05) is 7.05 Å². The first kappa shape index (κ1) is 17.0. The zero-order valence-corrected chi connectivity index (χ0v) is 16.0. The van der Waals surface area contributed by atoms with Gasteiger partial charge in [0.25, 0.3) is 0 Å². The first-order valence-electron chi connectivity index (χ1n) is 9.57. The van der Waals surface area contributed by atoms with Crippen LogP contribution in [0, 0.1) is 0 Å². The maximum absolute atomic E-state index is 6.21. The molecule has 0 radical (unpaired) electrons. The molecule has 5 rings (SSSR count). The lowest BCUT2D eigenvalue weighted by molar-refractivity contribution is 0.124. The Kier molecular flexibility index (Phi) is 4.25. The van der Waals surface area contributed by atoms with Crippen molar-refractivity contribution in [1.29, 1.82) is 0 Å². The van der Waals surface area contributed by atoms with Gasteiger partial charge in [0, 0.05) is 22.7 Å². The van der Waals surface area contributed by atoms with Crippen LogP contribution in [-0.2, 0) is 0 Å². The van der Waals surface area contributed by atoms with E-state index in [1.807, 2.05) is 42.5 Å². The van der Waals surface area contributed by atoms with Crippen LogP contribution in [0.4, 0.5) is 0 Å². The molecule has 3 heterocycles. The lowest BCUT2D eigenvalue weighted by Gasteiger charge is -2.41. The van der Waals surface area contributed by atoms with Gasteiger partial charge < -0.3 is 4.42 Å². The molecule has 138 valence electrons. The molecule has 0 amide bonds. The summed E-state index contributed by atoms with van der Waals surface area (Å²) in [5.41, 5.74) is 2.28. The van der Waals surface area contributed by atoms with Crippen molar-refractivity contribution < 1.29 is 4.42 Å². The maximum atomic E-state index is 6.21. The molecule has 0 saturated carbocycles. The highest BCUT2D eigenvalue weighted by molar-refractivity contribution is 6.30. The van der Waals surface area contributed by atoms with Gasteiger partial charge in [-0.05, 0) is 62.1 Å². The summed E-state index contributed by atoms with van der Waals surface area (Å²) in [5.74, 6) is 1.94. The summed E-state index contributed by atoms with van der Waals surface area (Å²) >= 11 is 6.12. The Morgan fingerprint density at radius 1 is 1.00 bits per heavy atom. The lowest BCUT2D eigenvalue weighted by atomic mass is 9.76. The molecular weight excluding hydrogens is 358 g/mol. The largest absolute Gasteiger partial charge is 0.420 e. The second-order valence-electron chi connectivity index (χ2n) is 7.69. The highest BCUT2D eigenvalue weighted by Gasteiger charge is 2.48. The van der Waals surface area contributed by atoms with Crippen molar-refractivity contribution in [2.45, 2.75) is 43.2 Å². The van der Waals surface area contributed by atoms with E-state index < -0.39 is 0 Å². The predicted molar refractivity (Wildman–Crippen MR) is 106 cm³/mol. The molecule has 2 unspecified atom stereocenters. The van der Waals surface area contributed by atoms with E-state index in [1.54, 1.807) is 0 Å². The average Bonchev–Trinajstić information content (AvgIpc) is 3.26. The summed E-state index contributed by atoms with van der Waals surface area (Å²) in [7, 11) is 2.24. The highest BCUT2D eigenvalue weighted by atomic mass is 35.5. The van der Waals surface area contributed by atoms with Crippen LogP contribution in [0.5, 0.6) is 0 Å². The Hall–Kier alpha value is -2.17. The standard InChI is InChI=1S/C22H22ClN3O/c1-26-17-11-12-19(26)20(18(13-17)14-7-9-16(23)10-8-14)22-25-24-21(27-22)15-5-3-2-4-6-15/h2-10,17-20H,11-13H2,1H3/t17-,18?,19?,20-/m1/s1. The summed E-state index contributed by atoms with van der Waals surface area (Å²) in [4.78, 5) is 2.52. The fraction of sp³-hybridized carbons (Fsp3) is 0.364. The fourth-order valence-electron chi connectivity index (χ4n) is 4.92. The second kappa shape index (κ2) is 6.77. The summed E-state index contributed by atoms with van der Waals surface area (Å²) in [6.45, 7) is 0. The number of piperidine rings is 1. The van der Waals surface area contributed by atoms with E-state index in [9.17, 15) is 0 Å². The summed E-state index contributed by atoms with van der Waals surface area (Å²) in [5, 5.41) is 9.62. The second-order valence-corrected chi connectivity index (χ2v) is 8.13. The molecule has 2 aliphatic rings. The Labute approximate surface area is 164 Å². The first-order chi connectivity index (χ1) is 13.2. The molecule has 5 heteroatoms. The highest BCUT2D eigenvalue weighted by Crippen LogP contribution is 2.50. The van der Waals surface area contributed by atoms with E-state index in [4.69, 9.17) is 16.0 Å². The van der Waals surface area contributed by atoms with Crippen LogP contribution in [0.15, 0.2) is 59.0 Å². The number of fused-ring (bicyclic) bond motifs is 2. The molecule has 1 aromatic heterocycles. The minimum Gasteiger partial charge on any atom is -0.420 e. The van der Waals surface area contributed by atoms with Gasteiger partial charge in [0.2, 0.25) is 11.8 Å². The van der Waals surface area contributed by atoms with E-state index in [-0.39, 0.29) is 5.92 Å². The average molecular weight is 380 g/mol. The third-order valence-corrected chi connectivity index (χ3v) is 6.57. The number of hydrogen-bond donors (Lipinski definition) is 0. The number of benzene rings is 2. The maximum Gasteiger partial charge on any atom is 0.247 e. The van der Waals surface area contributed by atoms with Crippen LogP contribution in [0.25, 0.3) is 11.5 Å². The number of likely N-dealkylation sites (N-methyl/N-ethyl adjacent to an activating group) is 1. The third-order valence-electron chi connectivity index (χ3n) is 6.31. The summed E-state index contributed by atoms with van der Waals surface area (Å²) in [6.07, 6.45) is 3.53. The SMILES string of the molecule is CN1C2CC[C@@H]1CC(c1ccc(Cl)cc1)[C@H]2c1nnc(-c2ccccc2)o1. The van der Waals surface area contributed by atoms with Crippen molar-refractivity contribution >= 4 is 11.6 Å². The molecule has 2 fully saturated rings. The normalized spacial score (nSPS) is 27.8. The summed E-state index contributed by atoms with van der Waals surface area (Å²) < 4.78 is 6.21. The Balaban J connectivity index is 1.54. The van der Waals surface area contributed by atoms with E-state index in [0.29, 0.717) is 23.9 Å². The number of rotatable bonds is 3. The molecule has 2 aromatic carbocycles. The van der Waals surface area contributed by atoms with Crippen molar-refractivity contribution in [2.24, 2.45) is 0 Å². The van der Waals surface area contributed by atoms with Gasteiger partial charge in [0.1, 0.15) is 0 Å². The van der Waals surface area contributed by atoms with E-state index in [2.05, 4.69) is 34.3 Å². The van der Waals surface area contributed by atoms with Gasteiger partial charge in [-0.1, -0.05) is 41.9 Å². The molecule has 0 N–H and O–H groups in total. The van der Waals surface area contributed by atoms with Gasteiger partial charge in [-0.2, -0.15) is 0 Å². The molecule has 4 nitrogen and oxygen atoms in total. The molecule has 4 atom stereocenters. The quantitative estimate of drug-likeness (QED) is 0.633. The summed E-state index contributed by atoms with van der Waals surface area (Å²) in [6, 6.07) is 19.3. The zero-order chi connectivity index (χ0) is 18.4. The number of aromatic nitrogens is 2. The Bertz CT molecular complexity index is 924. The van der Waals surface area contributed by atoms with Crippen LogP contribution in [0.1, 0.15) is 42.6 Å². The van der Waals surface area contributed by atoms with Crippen LogP contribution in [-0.4, -0.2) is 34.2 Å².